The van der Waals surface area contributed by atoms with E-state index >= 15 is 0 Å². The Balaban J connectivity index is 2.55. The number of Topliss-reactive ketones (excluding diaryl/α,β-unsaturated/α-hetero) is 1. The summed E-state index contributed by atoms with van der Waals surface area (Å²) < 4.78 is 26.4. The Bertz CT molecular complexity index is 518. The molecule has 0 fully saturated rings. The molecule has 1 aromatic rings. The van der Waals surface area contributed by atoms with Crippen molar-refractivity contribution in [2.24, 2.45) is 5.41 Å². The zero-order valence-corrected chi connectivity index (χ0v) is 8.68. The first-order chi connectivity index (χ1) is 7.48. The van der Waals surface area contributed by atoms with Crippen LogP contribution in [0.25, 0.3) is 0 Å². The van der Waals surface area contributed by atoms with Gasteiger partial charge in [0.05, 0.1) is 6.07 Å². The number of rotatable bonds is 1. The van der Waals surface area contributed by atoms with Crippen LogP contribution in [0.2, 0.25) is 0 Å². The molecule has 0 spiro atoms. The summed E-state index contributed by atoms with van der Waals surface area (Å²) in [7, 11) is 0. The van der Waals surface area contributed by atoms with Crippen molar-refractivity contribution in [2.75, 3.05) is 0 Å². The van der Waals surface area contributed by atoms with E-state index in [1.165, 1.54) is 0 Å². The Morgan fingerprint density at radius 3 is 2.81 bits per heavy atom. The molecule has 1 atom stereocenters. The van der Waals surface area contributed by atoms with E-state index < -0.39 is 17.0 Å². The normalized spacial score (nSPS) is 23.0. The summed E-state index contributed by atoms with van der Waals surface area (Å²) in [6.45, 7) is 1.61. The standard InChI is InChI=1S/C12H9F2NO/c1-12(2-3-15)6-9-8(11(12)16)4-7(13)5-10(9)14/h4-5H,2,6H2,1H3. The summed E-state index contributed by atoms with van der Waals surface area (Å²) in [5, 5.41) is 8.64. The largest absolute Gasteiger partial charge is 0.294 e. The lowest BCUT2D eigenvalue weighted by Gasteiger charge is -2.16. The Morgan fingerprint density at radius 1 is 1.50 bits per heavy atom. The number of hydrogen-bond donors (Lipinski definition) is 0. The van der Waals surface area contributed by atoms with E-state index in [9.17, 15) is 13.6 Å². The minimum absolute atomic E-state index is 0.0154. The second kappa shape index (κ2) is 3.38. The van der Waals surface area contributed by atoms with Crippen LogP contribution in [0.4, 0.5) is 8.78 Å². The predicted octanol–water partition coefficient (Wildman–Crippen LogP) is 2.62. The van der Waals surface area contributed by atoms with Gasteiger partial charge in [-0.1, -0.05) is 6.92 Å². The van der Waals surface area contributed by atoms with E-state index in [1.54, 1.807) is 6.92 Å². The lowest BCUT2D eigenvalue weighted by molar-refractivity contribution is 0.0847. The molecule has 0 saturated carbocycles. The van der Waals surface area contributed by atoms with Crippen molar-refractivity contribution in [2.45, 2.75) is 19.8 Å². The van der Waals surface area contributed by atoms with Gasteiger partial charge in [-0.2, -0.15) is 5.26 Å². The summed E-state index contributed by atoms with van der Waals surface area (Å²) in [4.78, 5) is 11.9. The minimum atomic E-state index is -0.911. The van der Waals surface area contributed by atoms with Crippen LogP contribution >= 0.6 is 0 Å². The van der Waals surface area contributed by atoms with E-state index in [1.807, 2.05) is 6.07 Å². The van der Waals surface area contributed by atoms with Crippen molar-refractivity contribution in [3.05, 3.63) is 34.9 Å². The number of fused-ring (bicyclic) bond motifs is 1. The van der Waals surface area contributed by atoms with Gasteiger partial charge in [-0.05, 0) is 18.1 Å². The molecule has 1 aromatic carbocycles. The molecule has 0 amide bonds. The SMILES string of the molecule is CC1(CC#N)Cc2c(F)cc(F)cc2C1=O. The van der Waals surface area contributed by atoms with Crippen molar-refractivity contribution >= 4 is 5.78 Å². The van der Waals surface area contributed by atoms with Gasteiger partial charge in [0, 0.05) is 23.5 Å². The Hall–Kier alpha value is -1.76. The monoisotopic (exact) mass is 221 g/mol. The number of carbonyl (C=O) groups is 1. The average Bonchev–Trinajstić information content (AvgIpc) is 2.43. The smallest absolute Gasteiger partial charge is 0.170 e. The van der Waals surface area contributed by atoms with Gasteiger partial charge in [-0.25, -0.2) is 8.78 Å². The second-order valence-corrected chi connectivity index (χ2v) is 4.32. The number of nitrogens with zero attached hydrogens (tertiary/aromatic N) is 1. The van der Waals surface area contributed by atoms with Gasteiger partial charge >= 0.3 is 0 Å². The fourth-order valence-electron chi connectivity index (χ4n) is 2.10. The molecule has 4 heteroatoms. The minimum Gasteiger partial charge on any atom is -0.294 e. The first-order valence-electron chi connectivity index (χ1n) is 4.87. The zero-order chi connectivity index (χ0) is 11.9. The highest BCUT2D eigenvalue weighted by Crippen LogP contribution is 2.40. The fourth-order valence-corrected chi connectivity index (χ4v) is 2.10. The summed E-state index contributed by atoms with van der Waals surface area (Å²) in [5.41, 5.74) is -0.606. The molecule has 82 valence electrons. The summed E-state index contributed by atoms with van der Waals surface area (Å²) in [6.07, 6.45) is 0.183. The van der Waals surface area contributed by atoms with Crippen molar-refractivity contribution < 1.29 is 13.6 Å². The van der Waals surface area contributed by atoms with Crippen LogP contribution in [0.3, 0.4) is 0 Å². The van der Waals surface area contributed by atoms with Crippen LogP contribution < -0.4 is 0 Å². The van der Waals surface area contributed by atoms with Crippen LogP contribution in [0, 0.1) is 28.4 Å². The quantitative estimate of drug-likeness (QED) is 0.731. The van der Waals surface area contributed by atoms with E-state index in [0.717, 1.165) is 12.1 Å². The molecule has 0 aromatic heterocycles. The molecule has 0 N–H and O–H groups in total. The van der Waals surface area contributed by atoms with Gasteiger partial charge in [-0.3, -0.25) is 4.79 Å². The number of hydrogen-bond acceptors (Lipinski definition) is 2. The predicted molar refractivity (Wildman–Crippen MR) is 52.7 cm³/mol. The van der Waals surface area contributed by atoms with Crippen LogP contribution in [-0.2, 0) is 6.42 Å². The highest BCUT2D eigenvalue weighted by molar-refractivity contribution is 6.04. The fraction of sp³-hybridized carbons (Fsp3) is 0.333. The first-order valence-corrected chi connectivity index (χ1v) is 4.87. The average molecular weight is 221 g/mol. The Labute approximate surface area is 91.5 Å². The molecule has 1 aliphatic carbocycles. The van der Waals surface area contributed by atoms with Crippen LogP contribution in [0.15, 0.2) is 12.1 Å². The highest BCUT2D eigenvalue weighted by Gasteiger charge is 2.43. The van der Waals surface area contributed by atoms with Crippen molar-refractivity contribution in [1.82, 2.24) is 0 Å². The van der Waals surface area contributed by atoms with Gasteiger partial charge in [0.25, 0.3) is 0 Å². The van der Waals surface area contributed by atoms with Gasteiger partial charge in [0.15, 0.2) is 5.78 Å². The summed E-state index contributed by atoms with van der Waals surface area (Å²) in [5.74, 6) is -1.81. The molecule has 0 saturated heterocycles. The number of ketones is 1. The molecule has 2 nitrogen and oxygen atoms in total. The topological polar surface area (TPSA) is 40.9 Å². The molecule has 2 rings (SSSR count). The molecule has 1 aliphatic rings. The van der Waals surface area contributed by atoms with E-state index in [2.05, 4.69) is 0 Å². The number of halogens is 2. The van der Waals surface area contributed by atoms with E-state index in [4.69, 9.17) is 5.26 Å². The molecule has 0 heterocycles. The lowest BCUT2D eigenvalue weighted by atomic mass is 9.83. The molecule has 1 unspecified atom stereocenters. The van der Waals surface area contributed by atoms with E-state index in [-0.39, 0.29) is 29.8 Å². The third-order valence-electron chi connectivity index (χ3n) is 2.99. The van der Waals surface area contributed by atoms with Gasteiger partial charge < -0.3 is 0 Å². The highest BCUT2D eigenvalue weighted by atomic mass is 19.1. The Kier molecular flexibility index (Phi) is 2.27. The maximum Gasteiger partial charge on any atom is 0.170 e. The first kappa shape index (κ1) is 10.7. The summed E-state index contributed by atoms with van der Waals surface area (Å²) in [6, 6.07) is 3.73. The summed E-state index contributed by atoms with van der Waals surface area (Å²) >= 11 is 0. The van der Waals surface area contributed by atoms with Crippen molar-refractivity contribution in [1.29, 1.82) is 5.26 Å². The van der Waals surface area contributed by atoms with Crippen LogP contribution in [-0.4, -0.2) is 5.78 Å². The molecule has 16 heavy (non-hydrogen) atoms. The molecule has 0 bridgehead atoms. The van der Waals surface area contributed by atoms with Gasteiger partial charge in [0.2, 0.25) is 0 Å². The second-order valence-electron chi connectivity index (χ2n) is 4.32. The third-order valence-corrected chi connectivity index (χ3v) is 2.99. The molecular weight excluding hydrogens is 212 g/mol. The van der Waals surface area contributed by atoms with Gasteiger partial charge in [-0.15, -0.1) is 0 Å². The third kappa shape index (κ3) is 1.40. The van der Waals surface area contributed by atoms with Crippen LogP contribution in [0.5, 0.6) is 0 Å². The van der Waals surface area contributed by atoms with Crippen molar-refractivity contribution in [3.63, 3.8) is 0 Å². The molecule has 0 radical (unpaired) electrons. The number of carbonyl (C=O) groups excluding carboxylic acids is 1. The van der Waals surface area contributed by atoms with Gasteiger partial charge in [0.1, 0.15) is 11.6 Å². The van der Waals surface area contributed by atoms with Crippen LogP contribution in [0.1, 0.15) is 29.3 Å². The molecule has 0 aliphatic heterocycles. The van der Waals surface area contributed by atoms with Crippen molar-refractivity contribution in [3.8, 4) is 6.07 Å². The maximum atomic E-state index is 13.4. The molecular formula is C12H9F2NO. The number of benzene rings is 1. The lowest BCUT2D eigenvalue weighted by Crippen LogP contribution is -2.23. The number of nitriles is 1. The van der Waals surface area contributed by atoms with E-state index in [0.29, 0.717) is 0 Å². The Morgan fingerprint density at radius 2 is 2.19 bits per heavy atom. The zero-order valence-electron chi connectivity index (χ0n) is 8.68. The maximum absolute atomic E-state index is 13.4.